The highest BCUT2D eigenvalue weighted by atomic mass is 16.5. The third-order valence-electron chi connectivity index (χ3n) is 4.50. The van der Waals surface area contributed by atoms with Crippen molar-refractivity contribution in [3.8, 4) is 0 Å². The molecule has 2 amide bonds. The van der Waals surface area contributed by atoms with Crippen molar-refractivity contribution in [1.82, 2.24) is 4.90 Å². The molecule has 1 atom stereocenters. The quantitative estimate of drug-likeness (QED) is 0.877. The molecule has 0 radical (unpaired) electrons. The normalized spacial score (nSPS) is 20.3. The van der Waals surface area contributed by atoms with Crippen molar-refractivity contribution in [2.75, 3.05) is 31.6 Å². The van der Waals surface area contributed by atoms with Crippen LogP contribution in [0.4, 0.5) is 5.69 Å². The van der Waals surface area contributed by atoms with Crippen molar-refractivity contribution < 1.29 is 14.3 Å². The zero-order valence-corrected chi connectivity index (χ0v) is 13.6. The summed E-state index contributed by atoms with van der Waals surface area (Å²) in [7, 11) is 0. The molecule has 1 aromatic rings. The van der Waals surface area contributed by atoms with Gasteiger partial charge in [0.05, 0.1) is 6.61 Å². The lowest BCUT2D eigenvalue weighted by Crippen LogP contribution is -2.35. The van der Waals surface area contributed by atoms with Gasteiger partial charge in [-0.2, -0.15) is 0 Å². The molecule has 0 aromatic heterocycles. The SMILES string of the molecule is CCN(C[C@@H]1CCOC1)C(=O)c1cccc(NC(=O)C2CC2)c1. The highest BCUT2D eigenvalue weighted by molar-refractivity contribution is 5.98. The Morgan fingerprint density at radius 2 is 2.13 bits per heavy atom. The van der Waals surface area contributed by atoms with Crippen LogP contribution in [-0.4, -0.2) is 43.0 Å². The van der Waals surface area contributed by atoms with Crippen LogP contribution in [0.2, 0.25) is 0 Å². The van der Waals surface area contributed by atoms with Crippen LogP contribution in [0.25, 0.3) is 0 Å². The van der Waals surface area contributed by atoms with E-state index >= 15 is 0 Å². The number of hydrogen-bond acceptors (Lipinski definition) is 3. The van der Waals surface area contributed by atoms with E-state index in [1.807, 2.05) is 30.0 Å². The minimum atomic E-state index is 0.0157. The molecule has 1 heterocycles. The van der Waals surface area contributed by atoms with Crippen molar-refractivity contribution in [1.29, 1.82) is 0 Å². The highest BCUT2D eigenvalue weighted by Crippen LogP contribution is 2.30. The van der Waals surface area contributed by atoms with Crippen molar-refractivity contribution in [2.45, 2.75) is 26.2 Å². The first-order valence-electron chi connectivity index (χ1n) is 8.45. The summed E-state index contributed by atoms with van der Waals surface area (Å²) in [5.74, 6) is 0.660. The average molecular weight is 316 g/mol. The summed E-state index contributed by atoms with van der Waals surface area (Å²) in [6.45, 7) is 4.93. The molecule has 1 aliphatic carbocycles. The van der Waals surface area contributed by atoms with E-state index < -0.39 is 0 Å². The maximum Gasteiger partial charge on any atom is 0.253 e. The molecule has 0 spiro atoms. The zero-order valence-electron chi connectivity index (χ0n) is 13.6. The molecule has 1 aromatic carbocycles. The number of nitrogens with one attached hydrogen (secondary N) is 1. The van der Waals surface area contributed by atoms with E-state index in [9.17, 15) is 9.59 Å². The monoisotopic (exact) mass is 316 g/mol. The Labute approximate surface area is 137 Å². The Bertz CT molecular complexity index is 577. The van der Waals surface area contributed by atoms with Crippen LogP contribution in [-0.2, 0) is 9.53 Å². The topological polar surface area (TPSA) is 58.6 Å². The highest BCUT2D eigenvalue weighted by Gasteiger charge is 2.29. The van der Waals surface area contributed by atoms with Gasteiger partial charge >= 0.3 is 0 Å². The number of rotatable bonds is 6. The standard InChI is InChI=1S/C18H24N2O3/c1-2-20(11-13-8-9-23-12-13)18(22)15-4-3-5-16(10-15)19-17(21)14-6-7-14/h3-5,10,13-14H,2,6-9,11-12H2,1H3,(H,19,21)/t13-/m0/s1. The first-order chi connectivity index (χ1) is 11.2. The second-order valence-electron chi connectivity index (χ2n) is 6.42. The summed E-state index contributed by atoms with van der Waals surface area (Å²) < 4.78 is 5.39. The number of ether oxygens (including phenoxy) is 1. The van der Waals surface area contributed by atoms with Crippen LogP contribution in [0, 0.1) is 11.8 Å². The van der Waals surface area contributed by atoms with Crippen LogP contribution >= 0.6 is 0 Å². The first-order valence-corrected chi connectivity index (χ1v) is 8.45. The first kappa shape index (κ1) is 16.0. The van der Waals surface area contributed by atoms with Gasteiger partial charge in [-0.15, -0.1) is 0 Å². The van der Waals surface area contributed by atoms with Crippen LogP contribution in [0.1, 0.15) is 36.5 Å². The third kappa shape index (κ3) is 4.10. The molecule has 124 valence electrons. The summed E-state index contributed by atoms with van der Waals surface area (Å²) in [4.78, 5) is 26.4. The van der Waals surface area contributed by atoms with Crippen LogP contribution < -0.4 is 5.32 Å². The van der Waals surface area contributed by atoms with Crippen LogP contribution in [0.5, 0.6) is 0 Å². The summed E-state index contributed by atoms with van der Waals surface area (Å²) in [6, 6.07) is 7.24. The predicted octanol–water partition coefficient (Wildman–Crippen LogP) is 2.53. The van der Waals surface area contributed by atoms with E-state index in [1.165, 1.54) is 0 Å². The number of benzene rings is 1. The van der Waals surface area contributed by atoms with Gasteiger partial charge in [-0.1, -0.05) is 6.07 Å². The van der Waals surface area contributed by atoms with Crippen molar-refractivity contribution in [2.24, 2.45) is 11.8 Å². The number of amides is 2. The van der Waals surface area contributed by atoms with Gasteiger partial charge in [0.1, 0.15) is 0 Å². The molecule has 1 saturated heterocycles. The van der Waals surface area contributed by atoms with Crippen LogP contribution in [0.15, 0.2) is 24.3 Å². The summed E-state index contributed by atoms with van der Waals surface area (Å²) >= 11 is 0. The largest absolute Gasteiger partial charge is 0.381 e. The van der Waals surface area contributed by atoms with E-state index in [-0.39, 0.29) is 17.7 Å². The Hall–Kier alpha value is -1.88. The van der Waals surface area contributed by atoms with E-state index in [0.29, 0.717) is 23.7 Å². The fourth-order valence-electron chi connectivity index (χ4n) is 2.90. The summed E-state index contributed by atoms with van der Waals surface area (Å²) in [6.07, 6.45) is 2.95. The maximum atomic E-state index is 12.7. The second kappa shape index (κ2) is 7.13. The fourth-order valence-corrected chi connectivity index (χ4v) is 2.90. The van der Waals surface area contributed by atoms with Crippen molar-refractivity contribution >= 4 is 17.5 Å². The molecule has 1 saturated carbocycles. The molecule has 5 heteroatoms. The predicted molar refractivity (Wildman–Crippen MR) is 88.3 cm³/mol. The van der Waals surface area contributed by atoms with Crippen LogP contribution in [0.3, 0.4) is 0 Å². The van der Waals surface area contributed by atoms with E-state index in [0.717, 1.165) is 39.0 Å². The van der Waals surface area contributed by atoms with Gasteiger partial charge in [-0.25, -0.2) is 0 Å². The van der Waals surface area contributed by atoms with E-state index in [2.05, 4.69) is 5.32 Å². The molecule has 2 fully saturated rings. The summed E-state index contributed by atoms with van der Waals surface area (Å²) in [5, 5.41) is 2.90. The van der Waals surface area contributed by atoms with Gasteiger partial charge in [0.15, 0.2) is 0 Å². The molecule has 1 aliphatic heterocycles. The molecule has 23 heavy (non-hydrogen) atoms. The Kier molecular flexibility index (Phi) is 4.96. The molecule has 0 bridgehead atoms. The smallest absolute Gasteiger partial charge is 0.253 e. The fraction of sp³-hybridized carbons (Fsp3) is 0.556. The zero-order chi connectivity index (χ0) is 16.2. The van der Waals surface area contributed by atoms with Gasteiger partial charge in [-0.05, 0) is 44.4 Å². The van der Waals surface area contributed by atoms with Gasteiger partial charge in [0, 0.05) is 42.8 Å². The molecule has 5 nitrogen and oxygen atoms in total. The van der Waals surface area contributed by atoms with E-state index in [1.54, 1.807) is 6.07 Å². The minimum Gasteiger partial charge on any atom is -0.381 e. The lowest BCUT2D eigenvalue weighted by atomic mass is 10.1. The average Bonchev–Trinajstić information content (AvgIpc) is 3.30. The minimum absolute atomic E-state index is 0.0157. The lowest BCUT2D eigenvalue weighted by Gasteiger charge is -2.24. The Morgan fingerprint density at radius 1 is 1.30 bits per heavy atom. The number of nitrogens with zero attached hydrogens (tertiary/aromatic N) is 1. The van der Waals surface area contributed by atoms with Gasteiger partial charge in [0.2, 0.25) is 5.91 Å². The van der Waals surface area contributed by atoms with Gasteiger partial charge in [0.25, 0.3) is 5.91 Å². The molecule has 3 rings (SSSR count). The van der Waals surface area contributed by atoms with Gasteiger partial charge < -0.3 is 15.0 Å². The van der Waals surface area contributed by atoms with E-state index in [4.69, 9.17) is 4.74 Å². The van der Waals surface area contributed by atoms with Gasteiger partial charge in [-0.3, -0.25) is 9.59 Å². The number of carbonyl (C=O) groups excluding carboxylic acids is 2. The molecular weight excluding hydrogens is 292 g/mol. The number of carbonyl (C=O) groups is 2. The third-order valence-corrected chi connectivity index (χ3v) is 4.50. The summed E-state index contributed by atoms with van der Waals surface area (Å²) in [5.41, 5.74) is 1.33. The molecule has 2 aliphatic rings. The van der Waals surface area contributed by atoms with Crippen molar-refractivity contribution in [3.05, 3.63) is 29.8 Å². The number of hydrogen-bond donors (Lipinski definition) is 1. The lowest BCUT2D eigenvalue weighted by molar-refractivity contribution is -0.117. The molecular formula is C18H24N2O3. The maximum absolute atomic E-state index is 12.7. The molecule has 0 unspecified atom stereocenters. The van der Waals surface area contributed by atoms with Crippen molar-refractivity contribution in [3.63, 3.8) is 0 Å². The number of anilines is 1. The second-order valence-corrected chi connectivity index (χ2v) is 6.42. The Morgan fingerprint density at radius 3 is 2.78 bits per heavy atom. The molecule has 1 N–H and O–H groups in total. The Balaban J connectivity index is 1.65.